The molecule has 0 saturated heterocycles. The number of carboxylic acids is 1. The molecule has 0 fully saturated rings. The first-order valence-electron chi connectivity index (χ1n) is 6.85. The molecule has 0 aliphatic heterocycles. The molecule has 0 bridgehead atoms. The topological polar surface area (TPSA) is 55.8 Å². The Labute approximate surface area is 122 Å². The maximum Gasteiger partial charge on any atom is 0.335 e. The standard InChI is InChI=1S/C17H16O4/c1-20-15-9-7-12(17(18)19)10-16(15)21-14-8-6-11-4-2-3-5-13(11)14/h2-5,7,9-10,14H,6,8H2,1H3,(H,18,19). The van der Waals surface area contributed by atoms with Crippen molar-refractivity contribution in [2.75, 3.05) is 7.11 Å². The number of aryl methyl sites for hydroxylation is 1. The summed E-state index contributed by atoms with van der Waals surface area (Å²) >= 11 is 0. The average Bonchev–Trinajstić information content (AvgIpc) is 2.90. The highest BCUT2D eigenvalue weighted by Gasteiger charge is 2.24. The van der Waals surface area contributed by atoms with E-state index in [1.807, 2.05) is 12.1 Å². The van der Waals surface area contributed by atoms with Crippen molar-refractivity contribution in [3.63, 3.8) is 0 Å². The second-order valence-electron chi connectivity index (χ2n) is 5.01. The molecule has 0 aromatic heterocycles. The summed E-state index contributed by atoms with van der Waals surface area (Å²) in [6, 6.07) is 12.8. The quantitative estimate of drug-likeness (QED) is 0.934. The van der Waals surface area contributed by atoms with Gasteiger partial charge in [0.15, 0.2) is 11.5 Å². The summed E-state index contributed by atoms with van der Waals surface area (Å²) in [5.41, 5.74) is 2.65. The van der Waals surface area contributed by atoms with Crippen LogP contribution in [0.1, 0.15) is 34.0 Å². The number of aromatic carboxylic acids is 1. The van der Waals surface area contributed by atoms with Gasteiger partial charge in [-0.05, 0) is 42.2 Å². The summed E-state index contributed by atoms with van der Waals surface area (Å²) in [5, 5.41) is 9.10. The van der Waals surface area contributed by atoms with Crippen LogP contribution in [0, 0.1) is 0 Å². The maximum absolute atomic E-state index is 11.1. The maximum atomic E-state index is 11.1. The summed E-state index contributed by atoms with van der Waals surface area (Å²) < 4.78 is 11.3. The zero-order chi connectivity index (χ0) is 14.8. The number of ether oxygens (including phenoxy) is 2. The lowest BCUT2D eigenvalue weighted by molar-refractivity contribution is 0.0696. The molecular weight excluding hydrogens is 268 g/mol. The fraction of sp³-hybridized carbons (Fsp3) is 0.235. The molecule has 1 aliphatic rings. The Balaban J connectivity index is 1.91. The zero-order valence-corrected chi connectivity index (χ0v) is 11.7. The van der Waals surface area contributed by atoms with E-state index in [0.29, 0.717) is 11.5 Å². The number of methoxy groups -OCH3 is 1. The SMILES string of the molecule is COc1ccc(C(=O)O)cc1OC1CCc2ccccc21. The van der Waals surface area contributed by atoms with Crippen molar-refractivity contribution in [1.29, 1.82) is 0 Å². The molecule has 0 saturated carbocycles. The van der Waals surface area contributed by atoms with Gasteiger partial charge in [-0.2, -0.15) is 0 Å². The lowest BCUT2D eigenvalue weighted by Crippen LogP contribution is -2.06. The molecule has 1 unspecified atom stereocenters. The van der Waals surface area contributed by atoms with Crippen LogP contribution in [-0.4, -0.2) is 18.2 Å². The van der Waals surface area contributed by atoms with Crippen LogP contribution in [-0.2, 0) is 6.42 Å². The Kier molecular flexibility index (Phi) is 3.52. The van der Waals surface area contributed by atoms with Crippen LogP contribution < -0.4 is 9.47 Å². The highest BCUT2D eigenvalue weighted by Crippen LogP contribution is 2.38. The average molecular weight is 284 g/mol. The Morgan fingerprint density at radius 3 is 2.76 bits per heavy atom. The van der Waals surface area contributed by atoms with Crippen molar-refractivity contribution in [3.05, 3.63) is 59.2 Å². The predicted molar refractivity (Wildman–Crippen MR) is 78.1 cm³/mol. The molecule has 0 heterocycles. The second-order valence-corrected chi connectivity index (χ2v) is 5.01. The summed E-state index contributed by atoms with van der Waals surface area (Å²) in [6.07, 6.45) is 1.81. The Morgan fingerprint density at radius 1 is 1.19 bits per heavy atom. The van der Waals surface area contributed by atoms with Crippen LogP contribution in [0.3, 0.4) is 0 Å². The Hall–Kier alpha value is -2.49. The van der Waals surface area contributed by atoms with E-state index in [4.69, 9.17) is 14.6 Å². The summed E-state index contributed by atoms with van der Waals surface area (Å²) in [7, 11) is 1.55. The van der Waals surface area contributed by atoms with Gasteiger partial charge in [0.1, 0.15) is 6.10 Å². The molecule has 0 spiro atoms. The molecule has 2 aromatic carbocycles. The molecule has 1 N–H and O–H groups in total. The fourth-order valence-corrected chi connectivity index (χ4v) is 2.70. The predicted octanol–water partition coefficient (Wildman–Crippen LogP) is 3.46. The minimum atomic E-state index is -0.977. The van der Waals surface area contributed by atoms with Gasteiger partial charge in [-0.3, -0.25) is 0 Å². The van der Waals surface area contributed by atoms with Gasteiger partial charge in [0.25, 0.3) is 0 Å². The van der Waals surface area contributed by atoms with Gasteiger partial charge in [0.2, 0.25) is 0 Å². The van der Waals surface area contributed by atoms with Gasteiger partial charge in [-0.25, -0.2) is 4.79 Å². The molecule has 0 radical (unpaired) electrons. The molecule has 21 heavy (non-hydrogen) atoms. The van der Waals surface area contributed by atoms with Crippen LogP contribution in [0.25, 0.3) is 0 Å². The summed E-state index contributed by atoms with van der Waals surface area (Å²) in [5.74, 6) is 0.0396. The number of carbonyl (C=O) groups is 1. The van der Waals surface area contributed by atoms with Crippen LogP contribution >= 0.6 is 0 Å². The number of hydrogen-bond acceptors (Lipinski definition) is 3. The van der Waals surface area contributed by atoms with Gasteiger partial charge >= 0.3 is 5.97 Å². The molecule has 108 valence electrons. The second kappa shape index (κ2) is 5.48. The van der Waals surface area contributed by atoms with Gasteiger partial charge in [0, 0.05) is 0 Å². The van der Waals surface area contributed by atoms with Crippen molar-refractivity contribution in [2.24, 2.45) is 0 Å². The summed E-state index contributed by atoms with van der Waals surface area (Å²) in [6.45, 7) is 0. The van der Waals surface area contributed by atoms with E-state index in [1.165, 1.54) is 23.3 Å². The monoisotopic (exact) mass is 284 g/mol. The number of carboxylic acid groups (broad SMARTS) is 1. The third-order valence-corrected chi connectivity index (χ3v) is 3.76. The Morgan fingerprint density at radius 2 is 2.00 bits per heavy atom. The van der Waals surface area contributed by atoms with Crippen molar-refractivity contribution >= 4 is 5.97 Å². The Bertz CT molecular complexity index is 678. The van der Waals surface area contributed by atoms with E-state index in [1.54, 1.807) is 13.2 Å². The first-order chi connectivity index (χ1) is 10.2. The molecule has 1 atom stereocenters. The van der Waals surface area contributed by atoms with Crippen LogP contribution in [0.15, 0.2) is 42.5 Å². The third kappa shape index (κ3) is 2.57. The van der Waals surface area contributed by atoms with E-state index in [2.05, 4.69) is 12.1 Å². The molecule has 3 rings (SSSR count). The third-order valence-electron chi connectivity index (χ3n) is 3.76. The smallest absolute Gasteiger partial charge is 0.335 e. The number of hydrogen-bond donors (Lipinski definition) is 1. The molecule has 1 aliphatic carbocycles. The molecule has 4 heteroatoms. The van der Waals surface area contributed by atoms with E-state index < -0.39 is 5.97 Å². The number of benzene rings is 2. The molecule has 4 nitrogen and oxygen atoms in total. The van der Waals surface area contributed by atoms with Gasteiger partial charge < -0.3 is 14.6 Å². The van der Waals surface area contributed by atoms with E-state index in [9.17, 15) is 4.79 Å². The van der Waals surface area contributed by atoms with Crippen LogP contribution in [0.5, 0.6) is 11.5 Å². The van der Waals surface area contributed by atoms with Gasteiger partial charge in [-0.15, -0.1) is 0 Å². The van der Waals surface area contributed by atoms with Crippen LogP contribution in [0.2, 0.25) is 0 Å². The van der Waals surface area contributed by atoms with Crippen molar-refractivity contribution in [1.82, 2.24) is 0 Å². The summed E-state index contributed by atoms with van der Waals surface area (Å²) in [4.78, 5) is 11.1. The number of rotatable bonds is 4. The van der Waals surface area contributed by atoms with Crippen molar-refractivity contribution in [2.45, 2.75) is 18.9 Å². The van der Waals surface area contributed by atoms with Crippen LogP contribution in [0.4, 0.5) is 0 Å². The van der Waals surface area contributed by atoms with E-state index in [-0.39, 0.29) is 11.7 Å². The molecule has 2 aromatic rings. The first-order valence-corrected chi connectivity index (χ1v) is 6.85. The lowest BCUT2D eigenvalue weighted by Gasteiger charge is -2.17. The highest BCUT2D eigenvalue weighted by molar-refractivity contribution is 5.88. The van der Waals surface area contributed by atoms with E-state index >= 15 is 0 Å². The zero-order valence-electron chi connectivity index (χ0n) is 11.7. The van der Waals surface area contributed by atoms with E-state index in [0.717, 1.165) is 12.8 Å². The van der Waals surface area contributed by atoms with Gasteiger partial charge in [-0.1, -0.05) is 24.3 Å². The van der Waals surface area contributed by atoms with Crippen molar-refractivity contribution < 1.29 is 19.4 Å². The first kappa shape index (κ1) is 13.5. The van der Waals surface area contributed by atoms with Crippen molar-refractivity contribution in [3.8, 4) is 11.5 Å². The van der Waals surface area contributed by atoms with Gasteiger partial charge in [0.05, 0.1) is 12.7 Å². The largest absolute Gasteiger partial charge is 0.493 e. The molecular formula is C17H16O4. The normalized spacial score (nSPS) is 16.3. The highest BCUT2D eigenvalue weighted by atomic mass is 16.5. The number of fused-ring (bicyclic) bond motifs is 1. The fourth-order valence-electron chi connectivity index (χ4n) is 2.70. The minimum absolute atomic E-state index is 0.0563. The minimum Gasteiger partial charge on any atom is -0.493 e. The lowest BCUT2D eigenvalue weighted by atomic mass is 10.1. The molecule has 0 amide bonds.